The van der Waals surface area contributed by atoms with Crippen molar-refractivity contribution in [1.29, 1.82) is 0 Å². The molecule has 0 bridgehead atoms. The number of benzene rings is 1. The average molecular weight is 371 g/mol. The summed E-state index contributed by atoms with van der Waals surface area (Å²) in [7, 11) is 3.12. The van der Waals surface area contributed by atoms with Crippen LogP contribution < -0.4 is 9.47 Å². The summed E-state index contributed by atoms with van der Waals surface area (Å²) in [6.45, 7) is 3.94. The topological polar surface area (TPSA) is 61.3 Å². The highest BCUT2D eigenvalue weighted by Crippen LogP contribution is 2.33. The van der Waals surface area contributed by atoms with Crippen LogP contribution in [-0.4, -0.2) is 41.2 Å². The summed E-state index contributed by atoms with van der Waals surface area (Å²) < 4.78 is 12.2. The van der Waals surface area contributed by atoms with Crippen molar-refractivity contribution in [1.82, 2.24) is 10.2 Å². The van der Waals surface area contributed by atoms with Crippen LogP contribution >= 0.6 is 34.9 Å². The number of hydrogen-bond acceptors (Lipinski definition) is 8. The fourth-order valence-electron chi connectivity index (χ4n) is 1.86. The SMILES string of the molecule is CCSc1nnc(S[C@@H](C)C(=O)c2ccc(OC)c(OC)c2)s1. The number of aromatic nitrogens is 2. The highest BCUT2D eigenvalue weighted by Gasteiger charge is 2.20. The van der Waals surface area contributed by atoms with Gasteiger partial charge in [-0.2, -0.15) is 0 Å². The van der Waals surface area contributed by atoms with Gasteiger partial charge in [-0.25, -0.2) is 0 Å². The summed E-state index contributed by atoms with van der Waals surface area (Å²) in [6, 6.07) is 5.19. The largest absolute Gasteiger partial charge is 0.493 e. The quantitative estimate of drug-likeness (QED) is 0.513. The number of methoxy groups -OCH3 is 2. The van der Waals surface area contributed by atoms with Crippen LogP contribution in [0.3, 0.4) is 0 Å². The summed E-state index contributed by atoms with van der Waals surface area (Å²) in [5.74, 6) is 2.14. The number of Topliss-reactive ketones (excluding diaryl/α,β-unsaturated/α-hetero) is 1. The van der Waals surface area contributed by atoms with Crippen molar-refractivity contribution in [2.24, 2.45) is 0 Å². The van der Waals surface area contributed by atoms with Crippen molar-refractivity contribution in [3.63, 3.8) is 0 Å². The Morgan fingerprint density at radius 2 is 1.91 bits per heavy atom. The van der Waals surface area contributed by atoms with Crippen molar-refractivity contribution in [2.75, 3.05) is 20.0 Å². The van der Waals surface area contributed by atoms with Gasteiger partial charge in [-0.3, -0.25) is 4.79 Å². The molecular weight excluding hydrogens is 352 g/mol. The maximum Gasteiger partial charge on any atom is 0.176 e. The average Bonchev–Trinajstić information content (AvgIpc) is 3.00. The van der Waals surface area contributed by atoms with Gasteiger partial charge < -0.3 is 9.47 Å². The zero-order valence-corrected chi connectivity index (χ0v) is 15.8. The van der Waals surface area contributed by atoms with Crippen molar-refractivity contribution in [3.05, 3.63) is 23.8 Å². The third kappa shape index (κ3) is 4.62. The fourth-order valence-corrected chi connectivity index (χ4v) is 4.99. The molecule has 23 heavy (non-hydrogen) atoms. The predicted octanol–water partition coefficient (Wildman–Crippen LogP) is 4.03. The Kier molecular flexibility index (Phi) is 6.73. The Hall–Kier alpha value is -1.25. The molecular formula is C15H18N2O3S3. The second-order valence-corrected chi connectivity index (χ2v) is 8.54. The lowest BCUT2D eigenvalue weighted by Gasteiger charge is -2.11. The zero-order valence-electron chi connectivity index (χ0n) is 13.4. The molecule has 0 amide bonds. The smallest absolute Gasteiger partial charge is 0.176 e. The zero-order chi connectivity index (χ0) is 16.8. The van der Waals surface area contributed by atoms with Gasteiger partial charge in [0.15, 0.2) is 26.0 Å². The Labute approximate surface area is 148 Å². The molecule has 1 aromatic heterocycles. The minimum absolute atomic E-state index is 0.0239. The Bertz CT molecular complexity index is 676. The summed E-state index contributed by atoms with van der Waals surface area (Å²) in [6.07, 6.45) is 0. The lowest BCUT2D eigenvalue weighted by Crippen LogP contribution is -2.13. The third-order valence-electron chi connectivity index (χ3n) is 2.97. The van der Waals surface area contributed by atoms with E-state index in [1.807, 2.05) is 6.92 Å². The van der Waals surface area contributed by atoms with E-state index in [-0.39, 0.29) is 11.0 Å². The number of carbonyl (C=O) groups excluding carboxylic acids is 1. The molecule has 0 aliphatic carbocycles. The maximum atomic E-state index is 12.6. The van der Waals surface area contributed by atoms with Gasteiger partial charge in [0, 0.05) is 5.56 Å². The van der Waals surface area contributed by atoms with Crippen LogP contribution in [0.15, 0.2) is 26.9 Å². The lowest BCUT2D eigenvalue weighted by molar-refractivity contribution is 0.0993. The van der Waals surface area contributed by atoms with Crippen molar-refractivity contribution in [2.45, 2.75) is 27.8 Å². The number of thioether (sulfide) groups is 2. The van der Waals surface area contributed by atoms with Gasteiger partial charge in [0.05, 0.1) is 19.5 Å². The van der Waals surface area contributed by atoms with E-state index in [1.54, 1.807) is 44.2 Å². The fraction of sp³-hybridized carbons (Fsp3) is 0.400. The van der Waals surface area contributed by atoms with Gasteiger partial charge in [0.2, 0.25) is 0 Å². The second-order valence-electron chi connectivity index (χ2n) is 4.46. The number of rotatable bonds is 8. The Morgan fingerprint density at radius 3 is 2.57 bits per heavy atom. The minimum Gasteiger partial charge on any atom is -0.493 e. The first kappa shape index (κ1) is 18.1. The summed E-state index contributed by atoms with van der Waals surface area (Å²) in [5.41, 5.74) is 0.593. The molecule has 0 spiro atoms. The third-order valence-corrected chi connectivity index (χ3v) is 6.09. The van der Waals surface area contributed by atoms with E-state index in [2.05, 4.69) is 17.1 Å². The first-order valence-electron chi connectivity index (χ1n) is 6.98. The monoisotopic (exact) mass is 370 g/mol. The van der Waals surface area contributed by atoms with Gasteiger partial charge in [0.25, 0.3) is 0 Å². The molecule has 1 atom stereocenters. The van der Waals surface area contributed by atoms with Gasteiger partial charge in [-0.1, -0.05) is 41.8 Å². The van der Waals surface area contributed by atoms with Gasteiger partial charge >= 0.3 is 0 Å². The Balaban J connectivity index is 2.09. The molecule has 0 radical (unpaired) electrons. The molecule has 1 heterocycles. The summed E-state index contributed by atoms with van der Waals surface area (Å²) in [5, 5.41) is 7.98. The molecule has 0 N–H and O–H groups in total. The van der Waals surface area contributed by atoms with E-state index in [1.165, 1.54) is 23.1 Å². The molecule has 0 unspecified atom stereocenters. The molecule has 2 aromatic rings. The standard InChI is InChI=1S/C15H18N2O3S3/c1-5-21-14-16-17-15(23-14)22-9(2)13(18)10-6-7-11(19-3)12(8-10)20-4/h6-9H,5H2,1-4H3/t9-/m0/s1. The van der Waals surface area contributed by atoms with Crippen LogP contribution in [0.5, 0.6) is 11.5 Å². The molecule has 0 aliphatic heterocycles. The van der Waals surface area contributed by atoms with Gasteiger partial charge in [-0.15, -0.1) is 10.2 Å². The number of hydrogen-bond donors (Lipinski definition) is 0. The molecule has 0 saturated heterocycles. The number of carbonyl (C=O) groups is 1. The van der Waals surface area contributed by atoms with Gasteiger partial charge in [-0.05, 0) is 30.9 Å². The molecule has 5 nitrogen and oxygen atoms in total. The highest BCUT2D eigenvalue weighted by molar-refractivity contribution is 8.03. The van der Waals surface area contributed by atoms with E-state index in [4.69, 9.17) is 9.47 Å². The second kappa shape index (κ2) is 8.56. The lowest BCUT2D eigenvalue weighted by atomic mass is 10.1. The van der Waals surface area contributed by atoms with E-state index < -0.39 is 0 Å². The van der Waals surface area contributed by atoms with Crippen molar-refractivity contribution in [3.8, 4) is 11.5 Å². The predicted molar refractivity (Wildman–Crippen MR) is 95.5 cm³/mol. The van der Waals surface area contributed by atoms with Crippen molar-refractivity contribution >= 4 is 40.6 Å². The first-order chi connectivity index (χ1) is 11.1. The molecule has 0 aliphatic rings. The van der Waals surface area contributed by atoms with Crippen LogP contribution in [0.25, 0.3) is 0 Å². The molecule has 8 heteroatoms. The molecule has 1 aromatic carbocycles. The summed E-state index contributed by atoms with van der Waals surface area (Å²) in [4.78, 5) is 12.6. The van der Waals surface area contributed by atoms with E-state index >= 15 is 0 Å². The Morgan fingerprint density at radius 1 is 1.22 bits per heavy atom. The first-order valence-corrected chi connectivity index (χ1v) is 9.66. The molecule has 0 saturated carbocycles. The van der Waals surface area contributed by atoms with Crippen LogP contribution in [-0.2, 0) is 0 Å². The molecule has 124 valence electrons. The highest BCUT2D eigenvalue weighted by atomic mass is 32.2. The maximum absolute atomic E-state index is 12.6. The molecule has 0 fully saturated rings. The number of nitrogens with zero attached hydrogens (tertiary/aromatic N) is 2. The van der Waals surface area contributed by atoms with E-state index in [0.29, 0.717) is 17.1 Å². The minimum atomic E-state index is -0.250. The van der Waals surface area contributed by atoms with E-state index in [9.17, 15) is 4.79 Å². The van der Waals surface area contributed by atoms with Crippen LogP contribution in [0.2, 0.25) is 0 Å². The van der Waals surface area contributed by atoms with Crippen molar-refractivity contribution < 1.29 is 14.3 Å². The summed E-state index contributed by atoms with van der Waals surface area (Å²) >= 11 is 4.60. The van der Waals surface area contributed by atoms with Crippen LogP contribution in [0.4, 0.5) is 0 Å². The normalized spacial score (nSPS) is 12.0. The van der Waals surface area contributed by atoms with Crippen LogP contribution in [0.1, 0.15) is 24.2 Å². The van der Waals surface area contributed by atoms with E-state index in [0.717, 1.165) is 14.4 Å². The van der Waals surface area contributed by atoms with Gasteiger partial charge in [0.1, 0.15) is 0 Å². The molecule has 2 rings (SSSR count). The number of ketones is 1. The number of ether oxygens (including phenoxy) is 2. The van der Waals surface area contributed by atoms with Crippen LogP contribution in [0, 0.1) is 0 Å².